The lowest BCUT2D eigenvalue weighted by atomic mass is 9.98. The molecule has 110 valence electrons. The van der Waals surface area contributed by atoms with E-state index in [4.69, 9.17) is 11.6 Å². The van der Waals surface area contributed by atoms with Gasteiger partial charge in [-0.25, -0.2) is 4.39 Å². The van der Waals surface area contributed by atoms with E-state index in [1.54, 1.807) is 6.92 Å². The maximum atomic E-state index is 13.5. The van der Waals surface area contributed by atoms with E-state index in [0.717, 1.165) is 6.08 Å². The van der Waals surface area contributed by atoms with Gasteiger partial charge in [0.2, 0.25) is 5.91 Å². The van der Waals surface area contributed by atoms with Gasteiger partial charge in [-0.3, -0.25) is 4.79 Å². The molecule has 3 N–H and O–H groups in total. The number of benzene rings is 1. The second kappa shape index (κ2) is 7.38. The van der Waals surface area contributed by atoms with Gasteiger partial charge in [0.1, 0.15) is 5.82 Å². The van der Waals surface area contributed by atoms with E-state index in [9.17, 15) is 19.4 Å². The van der Waals surface area contributed by atoms with Gasteiger partial charge in [-0.15, -0.1) is 0 Å². The van der Waals surface area contributed by atoms with Crippen molar-refractivity contribution < 1.29 is 19.4 Å². The Balaban J connectivity index is 2.83. The maximum Gasteiger partial charge on any atom is 0.244 e. The van der Waals surface area contributed by atoms with Crippen LogP contribution in [-0.2, 0) is 4.79 Å². The quantitative estimate of drug-likeness (QED) is 0.701. The van der Waals surface area contributed by atoms with Crippen molar-refractivity contribution in [3.05, 3.63) is 40.7 Å². The molecule has 0 unspecified atom stereocenters. The maximum absolute atomic E-state index is 13.5. The van der Waals surface area contributed by atoms with Crippen LogP contribution in [0.1, 0.15) is 18.9 Å². The monoisotopic (exact) mass is 301 g/mol. The zero-order valence-corrected chi connectivity index (χ0v) is 11.8. The van der Waals surface area contributed by atoms with Gasteiger partial charge in [0.25, 0.3) is 0 Å². The highest BCUT2D eigenvalue weighted by molar-refractivity contribution is 6.32. The highest BCUT2D eigenvalue weighted by atomic mass is 35.5. The lowest BCUT2D eigenvalue weighted by Crippen LogP contribution is -2.53. The van der Waals surface area contributed by atoms with Crippen LogP contribution in [0.25, 0.3) is 6.08 Å². The SMILES string of the molecule is CCC(CO)(CO)NC(=O)/C=C/c1c(F)cccc1Cl. The van der Waals surface area contributed by atoms with E-state index < -0.39 is 17.3 Å². The summed E-state index contributed by atoms with van der Waals surface area (Å²) in [5.41, 5.74) is -0.972. The number of amides is 1. The number of nitrogens with one attached hydrogen (secondary N) is 1. The van der Waals surface area contributed by atoms with Gasteiger partial charge in [0, 0.05) is 11.6 Å². The summed E-state index contributed by atoms with van der Waals surface area (Å²) in [4.78, 5) is 11.7. The molecule has 0 saturated heterocycles. The summed E-state index contributed by atoms with van der Waals surface area (Å²) >= 11 is 5.82. The molecule has 0 aliphatic carbocycles. The second-order valence-corrected chi connectivity index (χ2v) is 4.82. The first-order valence-electron chi connectivity index (χ1n) is 6.14. The van der Waals surface area contributed by atoms with Crippen molar-refractivity contribution in [1.82, 2.24) is 5.32 Å². The summed E-state index contributed by atoms with van der Waals surface area (Å²) in [6.45, 7) is 0.949. The molecule has 0 heterocycles. The predicted octanol–water partition coefficient (Wildman–Crippen LogP) is 1.74. The van der Waals surface area contributed by atoms with Gasteiger partial charge in [0.15, 0.2) is 0 Å². The molecule has 0 radical (unpaired) electrons. The van der Waals surface area contributed by atoms with Crippen LogP contribution in [-0.4, -0.2) is 34.9 Å². The van der Waals surface area contributed by atoms with E-state index >= 15 is 0 Å². The summed E-state index contributed by atoms with van der Waals surface area (Å²) < 4.78 is 13.5. The Bertz CT molecular complexity index is 473. The molecule has 4 nitrogen and oxygen atoms in total. The molecule has 6 heteroatoms. The standard InChI is InChI=1S/C14H17ClFNO3/c1-2-14(8-18,9-19)17-13(20)7-6-10-11(15)4-3-5-12(10)16/h3-7,18-19H,2,8-9H2,1H3,(H,17,20)/b7-6+. The van der Waals surface area contributed by atoms with Crippen LogP contribution in [0, 0.1) is 5.82 Å². The Morgan fingerprint density at radius 1 is 1.45 bits per heavy atom. The van der Waals surface area contributed by atoms with Crippen molar-refractivity contribution in [3.63, 3.8) is 0 Å². The van der Waals surface area contributed by atoms with E-state index in [1.165, 1.54) is 24.3 Å². The molecule has 20 heavy (non-hydrogen) atoms. The Kier molecular flexibility index (Phi) is 6.13. The summed E-state index contributed by atoms with van der Waals surface area (Å²) in [7, 11) is 0. The van der Waals surface area contributed by atoms with Crippen molar-refractivity contribution in [2.45, 2.75) is 18.9 Å². The van der Waals surface area contributed by atoms with Crippen LogP contribution < -0.4 is 5.32 Å². The molecule has 1 aromatic carbocycles. The van der Waals surface area contributed by atoms with Crippen LogP contribution in [0.5, 0.6) is 0 Å². The number of aliphatic hydroxyl groups is 2. The van der Waals surface area contributed by atoms with E-state index in [-0.39, 0.29) is 23.8 Å². The molecular weight excluding hydrogens is 285 g/mol. The van der Waals surface area contributed by atoms with Crippen LogP contribution in [0.2, 0.25) is 5.02 Å². The first-order valence-corrected chi connectivity index (χ1v) is 6.51. The zero-order chi connectivity index (χ0) is 15.2. The smallest absolute Gasteiger partial charge is 0.244 e. The summed E-state index contributed by atoms with van der Waals surface area (Å²) in [5, 5.41) is 21.1. The highest BCUT2D eigenvalue weighted by Gasteiger charge is 2.27. The molecule has 0 bridgehead atoms. The minimum absolute atomic E-state index is 0.111. The van der Waals surface area contributed by atoms with Crippen molar-refractivity contribution in [2.24, 2.45) is 0 Å². The number of hydrogen-bond donors (Lipinski definition) is 3. The Morgan fingerprint density at radius 3 is 2.60 bits per heavy atom. The number of hydrogen-bond acceptors (Lipinski definition) is 3. The molecular formula is C14H17ClFNO3. The molecule has 1 amide bonds. The topological polar surface area (TPSA) is 69.6 Å². The molecule has 0 aliphatic rings. The molecule has 0 aliphatic heterocycles. The van der Waals surface area contributed by atoms with Crippen LogP contribution in [0.4, 0.5) is 4.39 Å². The average Bonchev–Trinajstić information content (AvgIpc) is 2.44. The molecule has 1 rings (SSSR count). The fourth-order valence-corrected chi connectivity index (χ4v) is 1.80. The third-order valence-electron chi connectivity index (χ3n) is 3.07. The molecule has 1 aromatic rings. The minimum Gasteiger partial charge on any atom is -0.394 e. The van der Waals surface area contributed by atoms with Crippen LogP contribution in [0.3, 0.4) is 0 Å². The number of carbonyl (C=O) groups is 1. The largest absolute Gasteiger partial charge is 0.394 e. The summed E-state index contributed by atoms with van der Waals surface area (Å²) in [6.07, 6.45) is 2.72. The van der Waals surface area contributed by atoms with Crippen molar-refractivity contribution >= 4 is 23.6 Å². The van der Waals surface area contributed by atoms with Crippen molar-refractivity contribution in [3.8, 4) is 0 Å². The lowest BCUT2D eigenvalue weighted by Gasteiger charge is -2.29. The van der Waals surface area contributed by atoms with Gasteiger partial charge in [-0.1, -0.05) is 24.6 Å². The third kappa shape index (κ3) is 4.03. The van der Waals surface area contributed by atoms with E-state index in [2.05, 4.69) is 5.32 Å². The normalized spacial score (nSPS) is 11.8. The van der Waals surface area contributed by atoms with Crippen molar-refractivity contribution in [2.75, 3.05) is 13.2 Å². The Hall–Kier alpha value is -1.43. The lowest BCUT2D eigenvalue weighted by molar-refractivity contribution is -0.119. The predicted molar refractivity (Wildman–Crippen MR) is 75.8 cm³/mol. The van der Waals surface area contributed by atoms with E-state index in [1.807, 2.05) is 0 Å². The number of halogens is 2. The minimum atomic E-state index is -1.08. The number of aliphatic hydroxyl groups excluding tert-OH is 2. The fourth-order valence-electron chi connectivity index (χ4n) is 1.57. The van der Waals surface area contributed by atoms with Crippen molar-refractivity contribution in [1.29, 1.82) is 0 Å². The van der Waals surface area contributed by atoms with Gasteiger partial charge in [0.05, 0.1) is 23.8 Å². The highest BCUT2D eigenvalue weighted by Crippen LogP contribution is 2.20. The number of carbonyl (C=O) groups excluding carboxylic acids is 1. The van der Waals surface area contributed by atoms with Crippen LogP contribution in [0.15, 0.2) is 24.3 Å². The van der Waals surface area contributed by atoms with E-state index in [0.29, 0.717) is 6.42 Å². The molecule has 0 spiro atoms. The molecule has 0 atom stereocenters. The van der Waals surface area contributed by atoms with Crippen LogP contribution >= 0.6 is 11.6 Å². The summed E-state index contributed by atoms with van der Waals surface area (Å²) in [6, 6.07) is 4.22. The first kappa shape index (κ1) is 16.6. The fraction of sp³-hybridized carbons (Fsp3) is 0.357. The Morgan fingerprint density at radius 2 is 2.10 bits per heavy atom. The Labute approximate surface area is 121 Å². The zero-order valence-electron chi connectivity index (χ0n) is 11.1. The van der Waals surface area contributed by atoms with Gasteiger partial charge >= 0.3 is 0 Å². The first-order chi connectivity index (χ1) is 9.48. The molecule has 0 aromatic heterocycles. The van der Waals surface area contributed by atoms with Gasteiger partial charge in [-0.2, -0.15) is 0 Å². The summed E-state index contributed by atoms with van der Waals surface area (Å²) in [5.74, 6) is -1.08. The molecule has 0 saturated carbocycles. The van der Waals surface area contributed by atoms with Gasteiger partial charge in [-0.05, 0) is 24.6 Å². The van der Waals surface area contributed by atoms with Gasteiger partial charge < -0.3 is 15.5 Å². The second-order valence-electron chi connectivity index (χ2n) is 4.41. The third-order valence-corrected chi connectivity index (χ3v) is 3.40. The number of rotatable bonds is 6. The molecule has 0 fully saturated rings. The average molecular weight is 302 g/mol.